The lowest BCUT2D eigenvalue weighted by atomic mass is 10.0. The fourth-order valence-electron chi connectivity index (χ4n) is 2.86. The van der Waals surface area contributed by atoms with Crippen molar-refractivity contribution in [2.75, 3.05) is 38.6 Å². The molecule has 1 aliphatic heterocycles. The van der Waals surface area contributed by atoms with E-state index >= 15 is 0 Å². The maximum atomic E-state index is 13.5. The van der Waals surface area contributed by atoms with E-state index in [0.29, 0.717) is 12.6 Å². The third-order valence-corrected chi connectivity index (χ3v) is 4.08. The number of nitrogens with one attached hydrogen (secondary N) is 1. The Morgan fingerprint density at radius 1 is 1.48 bits per heavy atom. The van der Waals surface area contributed by atoms with Gasteiger partial charge in [-0.1, -0.05) is 6.92 Å². The lowest BCUT2D eigenvalue weighted by Crippen LogP contribution is -2.45. The first-order chi connectivity index (χ1) is 10.1. The Bertz CT molecular complexity index is 450. The van der Waals surface area contributed by atoms with Gasteiger partial charge in [0.05, 0.1) is 6.20 Å². The highest BCUT2D eigenvalue weighted by Crippen LogP contribution is 2.24. The minimum absolute atomic E-state index is 0.256. The van der Waals surface area contributed by atoms with Gasteiger partial charge in [-0.3, -0.25) is 0 Å². The second kappa shape index (κ2) is 7.71. The zero-order valence-corrected chi connectivity index (χ0v) is 13.4. The maximum Gasteiger partial charge on any atom is 0.141 e. The largest absolute Gasteiger partial charge is 0.355 e. The average Bonchev–Trinajstić information content (AvgIpc) is 2.48. The van der Waals surface area contributed by atoms with E-state index in [1.165, 1.54) is 12.6 Å². The molecule has 118 valence electrons. The van der Waals surface area contributed by atoms with Crippen LogP contribution in [0.3, 0.4) is 0 Å². The summed E-state index contributed by atoms with van der Waals surface area (Å²) in [6.45, 7) is 5.72. The molecule has 1 aliphatic rings. The molecule has 0 aliphatic carbocycles. The van der Waals surface area contributed by atoms with Crippen molar-refractivity contribution in [3.05, 3.63) is 23.6 Å². The minimum Gasteiger partial charge on any atom is -0.355 e. The zero-order valence-electron chi connectivity index (χ0n) is 13.4. The quantitative estimate of drug-likeness (QED) is 0.816. The Morgan fingerprint density at radius 2 is 2.29 bits per heavy atom. The lowest BCUT2D eigenvalue weighted by molar-refractivity contribution is 0.257. The van der Waals surface area contributed by atoms with Crippen molar-refractivity contribution in [2.24, 2.45) is 0 Å². The summed E-state index contributed by atoms with van der Waals surface area (Å²) in [6.07, 6.45) is 4.78. The molecule has 1 aromatic heterocycles. The van der Waals surface area contributed by atoms with Crippen LogP contribution in [0.1, 0.15) is 31.7 Å². The second-order valence-corrected chi connectivity index (χ2v) is 6.02. The minimum atomic E-state index is -0.256. The molecule has 4 nitrogen and oxygen atoms in total. The highest BCUT2D eigenvalue weighted by Gasteiger charge is 2.24. The van der Waals surface area contributed by atoms with Crippen molar-refractivity contribution in [1.82, 2.24) is 15.2 Å². The second-order valence-electron chi connectivity index (χ2n) is 6.02. The van der Waals surface area contributed by atoms with E-state index in [-0.39, 0.29) is 5.82 Å². The van der Waals surface area contributed by atoms with Crippen LogP contribution in [0.25, 0.3) is 0 Å². The van der Waals surface area contributed by atoms with Crippen LogP contribution in [-0.2, 0) is 6.54 Å². The number of rotatable bonds is 6. The average molecular weight is 294 g/mol. The molecule has 0 saturated carbocycles. The molecule has 2 rings (SSSR count). The molecule has 1 N–H and O–H groups in total. The zero-order chi connectivity index (χ0) is 15.2. The van der Waals surface area contributed by atoms with Crippen LogP contribution in [0.2, 0.25) is 0 Å². The van der Waals surface area contributed by atoms with E-state index in [4.69, 9.17) is 0 Å². The normalized spacial score (nSPS) is 19.3. The summed E-state index contributed by atoms with van der Waals surface area (Å²) in [6, 6.07) is 2.16. The van der Waals surface area contributed by atoms with Gasteiger partial charge in [0.25, 0.3) is 0 Å². The SMILES string of the molecule is CCCNCc1cc(F)cnc1N1CCCC(N(C)C)C1. The molecule has 1 fully saturated rings. The molecule has 0 radical (unpaired) electrons. The van der Waals surface area contributed by atoms with Gasteiger partial charge in [-0.2, -0.15) is 0 Å². The van der Waals surface area contributed by atoms with Crippen LogP contribution in [0.15, 0.2) is 12.3 Å². The van der Waals surface area contributed by atoms with E-state index in [9.17, 15) is 4.39 Å². The maximum absolute atomic E-state index is 13.5. The molecule has 1 unspecified atom stereocenters. The predicted molar refractivity (Wildman–Crippen MR) is 85.1 cm³/mol. The van der Waals surface area contributed by atoms with Crippen LogP contribution >= 0.6 is 0 Å². The number of pyridine rings is 1. The van der Waals surface area contributed by atoms with Gasteiger partial charge < -0.3 is 15.1 Å². The molecule has 21 heavy (non-hydrogen) atoms. The summed E-state index contributed by atoms with van der Waals surface area (Å²) in [4.78, 5) is 8.94. The first kappa shape index (κ1) is 16.2. The van der Waals surface area contributed by atoms with E-state index in [1.54, 1.807) is 6.07 Å². The number of aromatic nitrogens is 1. The van der Waals surface area contributed by atoms with Gasteiger partial charge in [0.1, 0.15) is 11.6 Å². The number of hydrogen-bond donors (Lipinski definition) is 1. The monoisotopic (exact) mass is 294 g/mol. The van der Waals surface area contributed by atoms with Crippen molar-refractivity contribution < 1.29 is 4.39 Å². The van der Waals surface area contributed by atoms with Crippen LogP contribution in [0.5, 0.6) is 0 Å². The molecule has 1 saturated heterocycles. The van der Waals surface area contributed by atoms with Gasteiger partial charge in [-0.05, 0) is 46.0 Å². The third-order valence-electron chi connectivity index (χ3n) is 4.08. The van der Waals surface area contributed by atoms with Crippen LogP contribution < -0.4 is 10.2 Å². The summed E-state index contributed by atoms with van der Waals surface area (Å²) in [5.74, 6) is 0.680. The topological polar surface area (TPSA) is 31.4 Å². The predicted octanol–water partition coefficient (Wildman–Crippen LogP) is 2.25. The first-order valence-electron chi connectivity index (χ1n) is 7.88. The summed E-state index contributed by atoms with van der Waals surface area (Å²) >= 11 is 0. The number of nitrogens with zero attached hydrogens (tertiary/aromatic N) is 3. The highest BCUT2D eigenvalue weighted by atomic mass is 19.1. The van der Waals surface area contributed by atoms with Crippen molar-refractivity contribution in [3.63, 3.8) is 0 Å². The van der Waals surface area contributed by atoms with Gasteiger partial charge in [0, 0.05) is 31.2 Å². The number of piperidine rings is 1. The Kier molecular flexibility index (Phi) is 5.94. The summed E-state index contributed by atoms with van der Waals surface area (Å²) in [7, 11) is 4.24. The number of hydrogen-bond acceptors (Lipinski definition) is 4. The lowest BCUT2D eigenvalue weighted by Gasteiger charge is -2.37. The van der Waals surface area contributed by atoms with Crippen molar-refractivity contribution >= 4 is 5.82 Å². The molecule has 5 heteroatoms. The third kappa shape index (κ3) is 4.38. The summed E-state index contributed by atoms with van der Waals surface area (Å²) in [5.41, 5.74) is 0.961. The van der Waals surface area contributed by atoms with Gasteiger partial charge >= 0.3 is 0 Å². The van der Waals surface area contributed by atoms with Gasteiger partial charge in [-0.15, -0.1) is 0 Å². The van der Waals surface area contributed by atoms with Crippen molar-refractivity contribution in [1.29, 1.82) is 0 Å². The van der Waals surface area contributed by atoms with Crippen LogP contribution in [0.4, 0.5) is 10.2 Å². The van der Waals surface area contributed by atoms with E-state index < -0.39 is 0 Å². The molecular weight excluding hydrogens is 267 g/mol. The Balaban J connectivity index is 2.13. The molecule has 2 heterocycles. The molecular formula is C16H27FN4. The molecule has 0 aromatic carbocycles. The Hall–Kier alpha value is -1.20. The van der Waals surface area contributed by atoms with Gasteiger partial charge in [0.15, 0.2) is 0 Å². The standard InChI is InChI=1S/C16H27FN4/c1-4-7-18-10-13-9-14(17)11-19-16(13)21-8-5-6-15(12-21)20(2)3/h9,11,15,18H,4-8,10,12H2,1-3H3. The first-order valence-corrected chi connectivity index (χ1v) is 7.88. The molecule has 1 atom stereocenters. The van der Waals surface area contributed by atoms with E-state index in [1.807, 2.05) is 0 Å². The van der Waals surface area contributed by atoms with Crippen LogP contribution in [-0.4, -0.2) is 49.7 Å². The fraction of sp³-hybridized carbons (Fsp3) is 0.688. The van der Waals surface area contributed by atoms with Crippen molar-refractivity contribution in [2.45, 2.75) is 38.8 Å². The molecule has 0 spiro atoms. The van der Waals surface area contributed by atoms with Crippen LogP contribution in [0, 0.1) is 5.82 Å². The Labute approximate surface area is 127 Å². The fourth-order valence-corrected chi connectivity index (χ4v) is 2.86. The molecule has 1 aromatic rings. The van der Waals surface area contributed by atoms with Gasteiger partial charge in [-0.25, -0.2) is 9.37 Å². The van der Waals surface area contributed by atoms with Crippen molar-refractivity contribution in [3.8, 4) is 0 Å². The Morgan fingerprint density at radius 3 is 3.00 bits per heavy atom. The number of anilines is 1. The number of halogens is 1. The summed E-state index contributed by atoms with van der Waals surface area (Å²) < 4.78 is 13.5. The summed E-state index contributed by atoms with van der Waals surface area (Å²) in [5, 5.41) is 3.35. The highest BCUT2D eigenvalue weighted by molar-refractivity contribution is 5.47. The number of likely N-dealkylation sites (N-methyl/N-ethyl adjacent to an activating group) is 1. The smallest absolute Gasteiger partial charge is 0.141 e. The molecule has 0 bridgehead atoms. The van der Waals surface area contributed by atoms with Gasteiger partial charge in [0.2, 0.25) is 0 Å². The van der Waals surface area contributed by atoms with E-state index in [0.717, 1.165) is 43.9 Å². The molecule has 0 amide bonds. The van der Waals surface area contributed by atoms with E-state index in [2.05, 4.69) is 41.1 Å².